The first-order valence-corrected chi connectivity index (χ1v) is 17.6. The van der Waals surface area contributed by atoms with Crippen LogP contribution in [0.3, 0.4) is 0 Å². The van der Waals surface area contributed by atoms with Crippen LogP contribution in [0.2, 0.25) is 4.44 Å². The Morgan fingerprint density at radius 3 is 1.03 bits per heavy atom. The molecule has 0 saturated heterocycles. The molecule has 0 spiro atoms. The smallest absolute Gasteiger partial charge is 0.0622 e. The summed E-state index contributed by atoms with van der Waals surface area (Å²) in [4.78, 5) is 0. The van der Waals surface area contributed by atoms with Crippen molar-refractivity contribution in [1.29, 1.82) is 0 Å². The minimum atomic E-state index is -0.0773. The topological polar surface area (TPSA) is 0 Å². The van der Waals surface area contributed by atoms with Gasteiger partial charge in [-0.25, -0.2) is 0 Å². The Hall–Kier alpha value is -1.54. The third-order valence-corrected chi connectivity index (χ3v) is 9.22. The Labute approximate surface area is 216 Å². The van der Waals surface area contributed by atoms with E-state index in [1.54, 1.807) is 4.44 Å². The Balaban J connectivity index is 1.59. The Bertz CT molecular complexity index is 760. The molecule has 0 aliphatic heterocycles. The van der Waals surface area contributed by atoms with Gasteiger partial charge in [-0.15, -0.1) is 0 Å². The van der Waals surface area contributed by atoms with E-state index in [4.69, 9.17) is 0 Å². The maximum atomic E-state index is 2.32. The van der Waals surface area contributed by atoms with Gasteiger partial charge in [0.1, 0.15) is 0 Å². The zero-order valence-corrected chi connectivity index (χ0v) is 26.6. The fourth-order valence-electron chi connectivity index (χ4n) is 5.33. The minimum Gasteiger partial charge on any atom is -0.0622 e. The molecule has 0 aromatic heterocycles. The van der Waals surface area contributed by atoms with Gasteiger partial charge in [0.05, 0.1) is 0 Å². The molecular weight excluding hydrogens is 503 g/mol. The van der Waals surface area contributed by atoms with Crippen molar-refractivity contribution in [3.63, 3.8) is 0 Å². The van der Waals surface area contributed by atoms with Crippen molar-refractivity contribution in [3.05, 3.63) is 108 Å². The van der Waals surface area contributed by atoms with Gasteiger partial charge < -0.3 is 0 Å². The minimum absolute atomic E-state index is 0.0773. The van der Waals surface area contributed by atoms with Crippen molar-refractivity contribution in [2.45, 2.75) is 86.9 Å². The first kappa shape index (κ1) is 26.1. The second-order valence-electron chi connectivity index (χ2n) is 9.64. The first-order valence-electron chi connectivity index (χ1n) is 13.5. The molecule has 33 heavy (non-hydrogen) atoms. The normalized spacial score (nSPS) is 11.6. The van der Waals surface area contributed by atoms with Crippen LogP contribution in [0.1, 0.15) is 93.7 Å². The molecule has 176 valence electrons. The molecule has 0 unspecified atom stereocenters. The van der Waals surface area contributed by atoms with E-state index < -0.39 is 0 Å². The predicted octanol–water partition coefficient (Wildman–Crippen LogP) is 8.49. The summed E-state index contributed by atoms with van der Waals surface area (Å²) in [5.74, 6) is 0. The fourth-order valence-corrected chi connectivity index (χ4v) is 6.76. The summed E-state index contributed by atoms with van der Waals surface area (Å²) in [6.45, 7) is 0. The molecule has 0 aliphatic carbocycles. The van der Waals surface area contributed by atoms with E-state index in [2.05, 4.69) is 91.0 Å². The van der Waals surface area contributed by atoms with Crippen molar-refractivity contribution in [2.24, 2.45) is 0 Å². The van der Waals surface area contributed by atoms with Gasteiger partial charge in [-0.2, -0.15) is 0 Å². The van der Waals surface area contributed by atoms with Gasteiger partial charge in [0, 0.05) is 5.41 Å². The van der Waals surface area contributed by atoms with Crippen LogP contribution in [-0.2, 0) is 5.41 Å². The zero-order chi connectivity index (χ0) is 23.0. The van der Waals surface area contributed by atoms with E-state index in [1.807, 2.05) is 0 Å². The van der Waals surface area contributed by atoms with Crippen molar-refractivity contribution < 1.29 is 0 Å². The van der Waals surface area contributed by atoms with Gasteiger partial charge in [-0.05, 0) is 23.1 Å². The van der Waals surface area contributed by atoms with Crippen LogP contribution in [0.15, 0.2) is 91.0 Å². The van der Waals surface area contributed by atoms with Crippen LogP contribution in [0.5, 0.6) is 0 Å². The molecule has 0 radical (unpaired) electrons. The van der Waals surface area contributed by atoms with Crippen molar-refractivity contribution >= 4 is 22.5 Å². The number of hydrogen-bond acceptors (Lipinski definition) is 0. The maximum absolute atomic E-state index is 2.32. The molecule has 1 heteroatoms. The van der Waals surface area contributed by atoms with E-state index in [-0.39, 0.29) is 5.41 Å². The second kappa shape index (κ2) is 15.4. The average molecular weight is 547 g/mol. The monoisotopic (exact) mass is 548 g/mol. The van der Waals surface area contributed by atoms with Gasteiger partial charge in [-0.3, -0.25) is 0 Å². The van der Waals surface area contributed by atoms with Crippen LogP contribution < -0.4 is 0 Å². The molecule has 3 aromatic rings. The van der Waals surface area contributed by atoms with Crippen molar-refractivity contribution in [2.75, 3.05) is 0 Å². The third kappa shape index (κ3) is 8.02. The summed E-state index contributed by atoms with van der Waals surface area (Å²) < 4.78 is 1.56. The summed E-state index contributed by atoms with van der Waals surface area (Å²) in [6.07, 6.45) is 16.8. The third-order valence-electron chi connectivity index (χ3n) is 7.21. The molecule has 0 nitrogen and oxygen atoms in total. The molecule has 0 saturated carbocycles. The Morgan fingerprint density at radius 2 is 0.697 bits per heavy atom. The van der Waals surface area contributed by atoms with E-state index in [0.29, 0.717) is 0 Å². The molecule has 0 aliphatic rings. The second-order valence-corrected chi connectivity index (χ2v) is 12.5. The number of unbranched alkanes of at least 4 members (excludes halogenated alkanes) is 10. The summed E-state index contributed by atoms with van der Waals surface area (Å²) in [5.41, 5.74) is 4.16. The molecule has 0 atom stereocenters. The van der Waals surface area contributed by atoms with Gasteiger partial charge in [-0.1, -0.05) is 91.0 Å². The average Bonchev–Trinajstić information content (AvgIpc) is 2.89. The summed E-state index contributed by atoms with van der Waals surface area (Å²) in [7, 11) is 0. The Kier molecular flexibility index (Phi) is 12.1. The van der Waals surface area contributed by atoms with E-state index >= 15 is 0 Å². The van der Waals surface area contributed by atoms with Crippen molar-refractivity contribution in [3.8, 4) is 0 Å². The van der Waals surface area contributed by atoms with Crippen molar-refractivity contribution in [1.82, 2.24) is 0 Å². The SMILES string of the molecule is [SnH3][CH2]CCCCCCCCCCCCC(c1ccccc1)(c1ccccc1)c1ccccc1. The number of rotatable bonds is 16. The quantitative estimate of drug-likeness (QED) is 0.0959. The zero-order valence-electron chi connectivity index (χ0n) is 20.9. The molecule has 3 rings (SSSR count). The fraction of sp³-hybridized carbons (Fsp3) is 0.438. The van der Waals surface area contributed by atoms with Crippen LogP contribution in [0.4, 0.5) is 0 Å². The summed E-state index contributed by atoms with van der Waals surface area (Å²) in [5, 5.41) is 0. The van der Waals surface area contributed by atoms with Crippen LogP contribution >= 0.6 is 0 Å². The van der Waals surface area contributed by atoms with Gasteiger partial charge >= 0.3 is 97.6 Å². The van der Waals surface area contributed by atoms with Gasteiger partial charge in [0.15, 0.2) is 0 Å². The summed E-state index contributed by atoms with van der Waals surface area (Å²) in [6, 6.07) is 33.5. The number of benzene rings is 3. The predicted molar refractivity (Wildman–Crippen MR) is 149 cm³/mol. The van der Waals surface area contributed by atoms with Crippen LogP contribution in [0, 0.1) is 0 Å². The van der Waals surface area contributed by atoms with E-state index in [1.165, 1.54) is 87.3 Å². The van der Waals surface area contributed by atoms with Crippen LogP contribution in [0.25, 0.3) is 0 Å². The molecule has 0 fully saturated rings. The molecule has 3 aromatic carbocycles. The molecular formula is C32H44Sn. The Morgan fingerprint density at radius 1 is 0.394 bits per heavy atom. The molecule has 0 bridgehead atoms. The number of hydrogen-bond donors (Lipinski definition) is 0. The van der Waals surface area contributed by atoms with Gasteiger partial charge in [0.2, 0.25) is 0 Å². The standard InChI is InChI=1S/C32H41.Sn.3H/c1-2-3-4-5-6-7-8-9-10-11-21-28-32(29-22-15-12-16-23-29,30-24-17-13-18-25-30)31-26-19-14-20-27-31;;;;/h12-20,22-27H,1-11,21,28H2;;;;. The van der Waals surface area contributed by atoms with E-state index in [9.17, 15) is 0 Å². The summed E-state index contributed by atoms with van der Waals surface area (Å²) >= 11 is 0.918. The van der Waals surface area contributed by atoms with Gasteiger partial charge in [0.25, 0.3) is 0 Å². The molecule has 0 heterocycles. The van der Waals surface area contributed by atoms with Crippen LogP contribution in [-0.4, -0.2) is 22.5 Å². The molecule has 0 amide bonds. The molecule has 0 N–H and O–H groups in total. The van der Waals surface area contributed by atoms with E-state index in [0.717, 1.165) is 28.9 Å². The first-order chi connectivity index (χ1) is 16.4.